The van der Waals surface area contributed by atoms with Crippen LogP contribution in [0.2, 0.25) is 0 Å². The number of carbonyl (C=O) groups excluding carboxylic acids is 3. The highest BCUT2D eigenvalue weighted by molar-refractivity contribution is 5.87. The van der Waals surface area contributed by atoms with E-state index in [0.29, 0.717) is 6.42 Å². The molecule has 1 rings (SSSR count). The average Bonchev–Trinajstić information content (AvgIpc) is 2.56. The summed E-state index contributed by atoms with van der Waals surface area (Å²) in [7, 11) is 0. The van der Waals surface area contributed by atoms with Crippen molar-refractivity contribution < 1.29 is 23.9 Å². The molecule has 0 aliphatic carbocycles. The highest BCUT2D eigenvalue weighted by atomic mass is 16.6. The molecule has 1 aromatic rings. The number of amides is 2. The molecule has 0 aromatic heterocycles. The summed E-state index contributed by atoms with van der Waals surface area (Å²) in [6, 6.07) is 8.53. The monoisotopic (exact) mass is 378 g/mol. The fourth-order valence-corrected chi connectivity index (χ4v) is 2.23. The Morgan fingerprint density at radius 3 is 2.26 bits per heavy atom. The van der Waals surface area contributed by atoms with Gasteiger partial charge in [0.2, 0.25) is 5.91 Å². The fraction of sp³-hybridized carbons (Fsp3) is 0.550. The van der Waals surface area contributed by atoms with Gasteiger partial charge in [0.05, 0.1) is 0 Å². The van der Waals surface area contributed by atoms with E-state index in [-0.39, 0.29) is 19.1 Å². The van der Waals surface area contributed by atoms with E-state index in [4.69, 9.17) is 9.47 Å². The van der Waals surface area contributed by atoms with Gasteiger partial charge in [-0.1, -0.05) is 44.2 Å². The van der Waals surface area contributed by atoms with Crippen LogP contribution in [-0.4, -0.2) is 36.2 Å². The number of hydrogen-bond donors (Lipinski definition) is 2. The van der Waals surface area contributed by atoms with Crippen LogP contribution in [-0.2, 0) is 25.7 Å². The van der Waals surface area contributed by atoms with Crippen LogP contribution >= 0.6 is 0 Å². The van der Waals surface area contributed by atoms with Gasteiger partial charge in [-0.05, 0) is 38.7 Å². The van der Waals surface area contributed by atoms with E-state index in [1.807, 2.05) is 44.2 Å². The summed E-state index contributed by atoms with van der Waals surface area (Å²) < 4.78 is 10.4. The molecule has 150 valence electrons. The number of carbonyl (C=O) groups is 3. The quantitative estimate of drug-likeness (QED) is 0.679. The lowest BCUT2D eigenvalue weighted by atomic mass is 10.0. The largest absolute Gasteiger partial charge is 0.459 e. The van der Waals surface area contributed by atoms with E-state index in [1.54, 1.807) is 20.8 Å². The predicted molar refractivity (Wildman–Crippen MR) is 102 cm³/mol. The van der Waals surface area contributed by atoms with Crippen molar-refractivity contribution in [1.29, 1.82) is 0 Å². The molecule has 0 spiro atoms. The Hall–Kier alpha value is -2.57. The van der Waals surface area contributed by atoms with Gasteiger partial charge >= 0.3 is 12.1 Å². The minimum absolute atomic E-state index is 0.139. The Labute approximate surface area is 160 Å². The topological polar surface area (TPSA) is 93.7 Å². The van der Waals surface area contributed by atoms with Crippen LogP contribution in [0.15, 0.2) is 30.3 Å². The Morgan fingerprint density at radius 1 is 1.07 bits per heavy atom. The van der Waals surface area contributed by atoms with Gasteiger partial charge < -0.3 is 20.1 Å². The van der Waals surface area contributed by atoms with Gasteiger partial charge in [0.25, 0.3) is 0 Å². The first-order chi connectivity index (χ1) is 12.6. The van der Waals surface area contributed by atoms with Crippen LogP contribution in [0, 0.1) is 5.92 Å². The van der Waals surface area contributed by atoms with Crippen molar-refractivity contribution in [2.45, 2.75) is 59.3 Å². The van der Waals surface area contributed by atoms with Crippen molar-refractivity contribution in [2.75, 3.05) is 6.54 Å². The second-order valence-corrected chi connectivity index (χ2v) is 7.70. The van der Waals surface area contributed by atoms with Gasteiger partial charge in [-0.15, -0.1) is 0 Å². The Balaban J connectivity index is 2.53. The maximum Gasteiger partial charge on any atom is 0.408 e. The fourth-order valence-electron chi connectivity index (χ4n) is 2.23. The minimum Gasteiger partial charge on any atom is -0.459 e. The third-order valence-corrected chi connectivity index (χ3v) is 3.34. The third kappa shape index (κ3) is 10.2. The van der Waals surface area contributed by atoms with Crippen molar-refractivity contribution in [2.24, 2.45) is 5.92 Å². The van der Waals surface area contributed by atoms with Crippen molar-refractivity contribution in [1.82, 2.24) is 10.6 Å². The summed E-state index contributed by atoms with van der Waals surface area (Å²) in [6.07, 6.45) is -0.254. The average molecular weight is 378 g/mol. The molecule has 2 N–H and O–H groups in total. The van der Waals surface area contributed by atoms with Crippen LogP contribution in [0.1, 0.15) is 46.6 Å². The van der Waals surface area contributed by atoms with Gasteiger partial charge in [0, 0.05) is 0 Å². The van der Waals surface area contributed by atoms with Gasteiger partial charge in [-0.25, -0.2) is 9.59 Å². The summed E-state index contributed by atoms with van der Waals surface area (Å²) in [4.78, 5) is 36.1. The molecule has 7 nitrogen and oxygen atoms in total. The van der Waals surface area contributed by atoms with Crippen LogP contribution in [0.25, 0.3) is 0 Å². The third-order valence-electron chi connectivity index (χ3n) is 3.34. The molecule has 0 saturated carbocycles. The zero-order chi connectivity index (χ0) is 20.4. The molecule has 0 saturated heterocycles. The summed E-state index contributed by atoms with van der Waals surface area (Å²) >= 11 is 0. The van der Waals surface area contributed by atoms with Crippen molar-refractivity contribution in [3.8, 4) is 0 Å². The summed E-state index contributed by atoms with van der Waals surface area (Å²) in [5.41, 5.74) is 0.217. The van der Waals surface area contributed by atoms with Crippen LogP contribution in [0.4, 0.5) is 4.79 Å². The summed E-state index contributed by atoms with van der Waals surface area (Å²) in [5, 5.41) is 4.99. The van der Waals surface area contributed by atoms with Crippen molar-refractivity contribution >= 4 is 18.0 Å². The van der Waals surface area contributed by atoms with Crippen molar-refractivity contribution in [3.63, 3.8) is 0 Å². The molecule has 0 bridgehead atoms. The Kier molecular flexibility index (Phi) is 8.78. The normalized spacial score (nSPS) is 12.2. The molecule has 7 heteroatoms. The number of rotatable bonds is 8. The molecule has 0 radical (unpaired) electrons. The number of ether oxygens (including phenoxy) is 2. The SMILES string of the molecule is CC(C)CC(NC(=O)CNC(=O)OC(C)(C)C)C(=O)OCc1ccccc1. The van der Waals surface area contributed by atoms with Crippen LogP contribution in [0.5, 0.6) is 0 Å². The van der Waals surface area contributed by atoms with Crippen LogP contribution in [0.3, 0.4) is 0 Å². The smallest absolute Gasteiger partial charge is 0.408 e. The van der Waals surface area contributed by atoms with Crippen molar-refractivity contribution in [3.05, 3.63) is 35.9 Å². The van der Waals surface area contributed by atoms with Gasteiger partial charge in [-0.3, -0.25) is 4.79 Å². The second-order valence-electron chi connectivity index (χ2n) is 7.70. The van der Waals surface area contributed by atoms with E-state index in [2.05, 4.69) is 10.6 Å². The number of benzene rings is 1. The Bertz CT molecular complexity index is 623. The lowest BCUT2D eigenvalue weighted by molar-refractivity contribution is -0.149. The van der Waals surface area contributed by atoms with E-state index < -0.39 is 29.6 Å². The second kappa shape index (κ2) is 10.5. The van der Waals surface area contributed by atoms with E-state index in [9.17, 15) is 14.4 Å². The molecular formula is C20H30N2O5. The molecule has 1 unspecified atom stereocenters. The molecule has 1 atom stereocenters. The van der Waals surface area contributed by atoms with Gasteiger partial charge in [0.15, 0.2) is 0 Å². The minimum atomic E-state index is -0.776. The molecular weight excluding hydrogens is 348 g/mol. The first-order valence-corrected chi connectivity index (χ1v) is 9.03. The number of hydrogen-bond acceptors (Lipinski definition) is 5. The number of alkyl carbamates (subject to hydrolysis) is 1. The van der Waals surface area contributed by atoms with E-state index in [0.717, 1.165) is 5.56 Å². The van der Waals surface area contributed by atoms with Gasteiger partial charge in [0.1, 0.15) is 24.8 Å². The van der Waals surface area contributed by atoms with Crippen LogP contribution < -0.4 is 10.6 Å². The summed E-state index contributed by atoms with van der Waals surface area (Å²) in [5.74, 6) is -0.806. The maximum absolute atomic E-state index is 12.4. The van der Waals surface area contributed by atoms with E-state index >= 15 is 0 Å². The number of esters is 1. The molecule has 2 amide bonds. The summed E-state index contributed by atoms with van der Waals surface area (Å²) in [6.45, 7) is 8.94. The molecule has 27 heavy (non-hydrogen) atoms. The first kappa shape index (κ1) is 22.5. The predicted octanol–water partition coefficient (Wildman–Crippen LogP) is 2.79. The first-order valence-electron chi connectivity index (χ1n) is 9.03. The molecule has 0 fully saturated rings. The number of nitrogens with one attached hydrogen (secondary N) is 2. The van der Waals surface area contributed by atoms with E-state index in [1.165, 1.54) is 0 Å². The lowest BCUT2D eigenvalue weighted by Gasteiger charge is -2.21. The highest BCUT2D eigenvalue weighted by Crippen LogP contribution is 2.09. The lowest BCUT2D eigenvalue weighted by Crippen LogP contribution is -2.47. The molecule has 1 aromatic carbocycles. The van der Waals surface area contributed by atoms with Gasteiger partial charge in [-0.2, -0.15) is 0 Å². The highest BCUT2D eigenvalue weighted by Gasteiger charge is 2.24. The standard InChI is InChI=1S/C20H30N2O5/c1-14(2)11-16(18(24)26-13-15-9-7-6-8-10-15)22-17(23)12-21-19(25)27-20(3,4)5/h6-10,14,16H,11-13H2,1-5H3,(H,21,25)(H,22,23). The zero-order valence-corrected chi connectivity index (χ0v) is 16.7. The Morgan fingerprint density at radius 2 is 1.70 bits per heavy atom. The zero-order valence-electron chi connectivity index (χ0n) is 16.7. The maximum atomic E-state index is 12.4. The molecule has 0 heterocycles. The molecule has 0 aliphatic heterocycles. The molecule has 0 aliphatic rings.